The minimum Gasteiger partial charge on any atom is -0.376 e. The molecule has 2 aromatic rings. The highest BCUT2D eigenvalue weighted by Gasteiger charge is 2.15. The first-order valence-corrected chi connectivity index (χ1v) is 7.46. The van der Waals surface area contributed by atoms with E-state index in [1.807, 2.05) is 60.7 Å². The number of nitrogens with one attached hydrogen (secondary N) is 2. The second-order valence-corrected chi connectivity index (χ2v) is 5.62. The van der Waals surface area contributed by atoms with E-state index >= 15 is 0 Å². The molecule has 1 atom stereocenters. The van der Waals surface area contributed by atoms with Crippen molar-refractivity contribution in [3.63, 3.8) is 0 Å². The first-order valence-electron chi connectivity index (χ1n) is 6.59. The number of alkyl halides is 2. The molecule has 110 valence electrons. The van der Waals surface area contributed by atoms with E-state index in [1.165, 1.54) is 0 Å². The molecule has 0 aromatic heterocycles. The number of hydrogen-bond acceptors (Lipinski definition) is 2. The highest BCUT2D eigenvalue weighted by Crippen LogP contribution is 2.19. The monoisotopic (exact) mass is 322 g/mol. The van der Waals surface area contributed by atoms with E-state index in [4.69, 9.17) is 23.2 Å². The molecular formula is C16H16Cl2N2O. The number of carbonyl (C=O) groups is 1. The molecule has 2 N–H and O–H groups in total. The van der Waals surface area contributed by atoms with E-state index in [2.05, 4.69) is 10.6 Å². The Morgan fingerprint density at radius 2 is 1.52 bits per heavy atom. The maximum atomic E-state index is 11.5. The third-order valence-corrected chi connectivity index (χ3v) is 3.39. The molecule has 1 amide bonds. The zero-order valence-corrected chi connectivity index (χ0v) is 12.8. The van der Waals surface area contributed by atoms with Crippen LogP contribution in [0.15, 0.2) is 60.7 Å². The Bertz CT molecular complexity index is 561. The van der Waals surface area contributed by atoms with Crippen molar-refractivity contribution in [2.75, 3.05) is 11.9 Å². The predicted molar refractivity (Wildman–Crippen MR) is 87.8 cm³/mol. The maximum absolute atomic E-state index is 11.5. The molecular weight excluding hydrogens is 307 g/mol. The Hall–Kier alpha value is -1.71. The lowest BCUT2D eigenvalue weighted by atomic mass is 10.1. The summed E-state index contributed by atoms with van der Waals surface area (Å²) >= 11 is 11.1. The highest BCUT2D eigenvalue weighted by atomic mass is 35.5. The van der Waals surface area contributed by atoms with E-state index in [-0.39, 0.29) is 6.04 Å². The Morgan fingerprint density at radius 1 is 0.952 bits per heavy atom. The lowest BCUT2D eigenvalue weighted by Gasteiger charge is -2.21. The van der Waals surface area contributed by atoms with E-state index in [0.717, 1.165) is 11.3 Å². The van der Waals surface area contributed by atoms with Gasteiger partial charge in [0.1, 0.15) is 0 Å². The fourth-order valence-corrected chi connectivity index (χ4v) is 2.11. The fourth-order valence-electron chi connectivity index (χ4n) is 1.95. The lowest BCUT2D eigenvalue weighted by molar-refractivity contribution is -0.119. The molecule has 2 rings (SSSR count). The second kappa shape index (κ2) is 7.91. The third kappa shape index (κ3) is 4.96. The summed E-state index contributed by atoms with van der Waals surface area (Å²) in [7, 11) is 0. The SMILES string of the molecule is O=C(NCC(Nc1ccccc1)c1ccccc1)C(Cl)Cl. The summed E-state index contributed by atoms with van der Waals surface area (Å²) < 4.78 is 0. The lowest BCUT2D eigenvalue weighted by Crippen LogP contribution is -2.34. The van der Waals surface area contributed by atoms with Crippen LogP contribution in [0.3, 0.4) is 0 Å². The van der Waals surface area contributed by atoms with E-state index in [0.29, 0.717) is 6.54 Å². The van der Waals surface area contributed by atoms with Crippen molar-refractivity contribution in [2.24, 2.45) is 0 Å². The zero-order chi connectivity index (χ0) is 15.1. The number of anilines is 1. The molecule has 21 heavy (non-hydrogen) atoms. The van der Waals surface area contributed by atoms with Gasteiger partial charge < -0.3 is 10.6 Å². The van der Waals surface area contributed by atoms with Gasteiger partial charge >= 0.3 is 0 Å². The smallest absolute Gasteiger partial charge is 0.253 e. The quantitative estimate of drug-likeness (QED) is 0.795. The maximum Gasteiger partial charge on any atom is 0.253 e. The summed E-state index contributed by atoms with van der Waals surface area (Å²) in [5.41, 5.74) is 2.05. The van der Waals surface area contributed by atoms with Gasteiger partial charge in [-0.1, -0.05) is 71.7 Å². The number of para-hydroxylation sites is 1. The summed E-state index contributed by atoms with van der Waals surface area (Å²) in [6.45, 7) is 0.397. The molecule has 0 fully saturated rings. The average Bonchev–Trinajstić information content (AvgIpc) is 2.52. The van der Waals surface area contributed by atoms with Crippen LogP contribution in [0.4, 0.5) is 5.69 Å². The van der Waals surface area contributed by atoms with Crippen molar-refractivity contribution in [1.82, 2.24) is 5.32 Å². The fraction of sp³-hybridized carbons (Fsp3) is 0.188. The Kier molecular flexibility index (Phi) is 5.90. The second-order valence-electron chi connectivity index (χ2n) is 4.52. The Labute approximate surface area is 134 Å². The summed E-state index contributed by atoms with van der Waals surface area (Å²) in [5, 5.41) is 6.12. The van der Waals surface area contributed by atoms with Crippen LogP contribution in [-0.4, -0.2) is 17.3 Å². The van der Waals surface area contributed by atoms with Crippen molar-refractivity contribution in [3.8, 4) is 0 Å². The number of halogens is 2. The molecule has 0 heterocycles. The molecule has 0 radical (unpaired) electrons. The molecule has 2 aromatic carbocycles. The minimum atomic E-state index is -1.06. The van der Waals surface area contributed by atoms with Crippen LogP contribution in [0.2, 0.25) is 0 Å². The van der Waals surface area contributed by atoms with Crippen LogP contribution in [0.5, 0.6) is 0 Å². The summed E-state index contributed by atoms with van der Waals surface area (Å²) in [5.74, 6) is -0.394. The zero-order valence-electron chi connectivity index (χ0n) is 11.3. The topological polar surface area (TPSA) is 41.1 Å². The first-order chi connectivity index (χ1) is 10.2. The molecule has 0 saturated carbocycles. The summed E-state index contributed by atoms with van der Waals surface area (Å²) in [4.78, 5) is 10.5. The minimum absolute atomic E-state index is 0.0652. The van der Waals surface area contributed by atoms with Gasteiger partial charge in [-0.25, -0.2) is 0 Å². The van der Waals surface area contributed by atoms with E-state index in [1.54, 1.807) is 0 Å². The number of carbonyl (C=O) groups excluding carboxylic acids is 1. The van der Waals surface area contributed by atoms with Gasteiger partial charge in [0, 0.05) is 12.2 Å². The van der Waals surface area contributed by atoms with Crippen LogP contribution >= 0.6 is 23.2 Å². The van der Waals surface area contributed by atoms with Crippen molar-refractivity contribution in [1.29, 1.82) is 0 Å². The summed E-state index contributed by atoms with van der Waals surface area (Å²) in [6, 6.07) is 19.6. The average molecular weight is 323 g/mol. The van der Waals surface area contributed by atoms with Crippen LogP contribution < -0.4 is 10.6 Å². The van der Waals surface area contributed by atoms with Crippen molar-refractivity contribution < 1.29 is 4.79 Å². The van der Waals surface area contributed by atoms with Crippen LogP contribution in [0.25, 0.3) is 0 Å². The Balaban J connectivity index is 2.09. The molecule has 0 aliphatic heterocycles. The van der Waals surface area contributed by atoms with Crippen LogP contribution in [0, 0.1) is 0 Å². The van der Waals surface area contributed by atoms with Crippen molar-refractivity contribution in [3.05, 3.63) is 66.2 Å². The predicted octanol–water partition coefficient (Wildman–Crippen LogP) is 3.76. The van der Waals surface area contributed by atoms with Crippen molar-refractivity contribution in [2.45, 2.75) is 10.9 Å². The largest absolute Gasteiger partial charge is 0.376 e. The molecule has 0 spiro atoms. The third-order valence-electron chi connectivity index (χ3n) is 3.00. The number of rotatable bonds is 6. The molecule has 0 bridgehead atoms. The molecule has 0 aliphatic carbocycles. The van der Waals surface area contributed by atoms with Gasteiger partial charge in [-0.05, 0) is 17.7 Å². The van der Waals surface area contributed by atoms with Crippen molar-refractivity contribution >= 4 is 34.8 Å². The van der Waals surface area contributed by atoms with E-state index in [9.17, 15) is 4.79 Å². The van der Waals surface area contributed by atoms with Gasteiger partial charge in [0.25, 0.3) is 5.91 Å². The van der Waals surface area contributed by atoms with Gasteiger partial charge in [-0.3, -0.25) is 4.79 Å². The molecule has 1 unspecified atom stereocenters. The van der Waals surface area contributed by atoms with Gasteiger partial charge in [0.2, 0.25) is 0 Å². The number of benzene rings is 2. The van der Waals surface area contributed by atoms with Gasteiger partial charge in [0.05, 0.1) is 6.04 Å². The molecule has 0 aliphatic rings. The normalized spacial score (nSPS) is 12.0. The van der Waals surface area contributed by atoms with Gasteiger partial charge in [-0.2, -0.15) is 0 Å². The first kappa shape index (κ1) is 15.7. The van der Waals surface area contributed by atoms with Crippen LogP contribution in [0.1, 0.15) is 11.6 Å². The Morgan fingerprint density at radius 3 is 2.10 bits per heavy atom. The van der Waals surface area contributed by atoms with Gasteiger partial charge in [0.15, 0.2) is 4.84 Å². The highest BCUT2D eigenvalue weighted by molar-refractivity contribution is 6.53. The van der Waals surface area contributed by atoms with E-state index < -0.39 is 10.7 Å². The number of hydrogen-bond donors (Lipinski definition) is 2. The molecule has 3 nitrogen and oxygen atoms in total. The summed E-state index contributed by atoms with van der Waals surface area (Å²) in [6.07, 6.45) is 0. The molecule has 5 heteroatoms. The molecule has 0 saturated heterocycles. The van der Waals surface area contributed by atoms with Gasteiger partial charge in [-0.15, -0.1) is 0 Å². The number of amides is 1. The standard InChI is InChI=1S/C16H16Cl2N2O/c17-15(18)16(21)19-11-14(12-7-3-1-4-8-12)20-13-9-5-2-6-10-13/h1-10,14-15,20H,11H2,(H,19,21). The van der Waals surface area contributed by atoms with Crippen LogP contribution in [-0.2, 0) is 4.79 Å².